The Labute approximate surface area is 166 Å². The first-order valence-electron chi connectivity index (χ1n) is 9.42. The smallest absolute Gasteiger partial charge is 0.261 e. The van der Waals surface area contributed by atoms with E-state index >= 15 is 0 Å². The van der Waals surface area contributed by atoms with Gasteiger partial charge >= 0.3 is 0 Å². The minimum atomic E-state index is -0.595. The average Bonchev–Trinajstić information content (AvgIpc) is 2.77. The molecule has 3 aromatic carbocycles. The molecule has 1 amide bonds. The zero-order valence-corrected chi connectivity index (χ0v) is 16.2. The molecule has 0 saturated heterocycles. The summed E-state index contributed by atoms with van der Waals surface area (Å²) in [5.74, 6) is 1.15. The van der Waals surface area contributed by atoms with Crippen LogP contribution in [0.2, 0.25) is 0 Å². The molecule has 144 valence electrons. The topological polar surface area (TPSA) is 47.6 Å². The van der Waals surface area contributed by atoms with Crippen molar-refractivity contribution in [2.45, 2.75) is 25.5 Å². The molecular weight excluding hydrogens is 350 g/mol. The van der Waals surface area contributed by atoms with E-state index in [1.54, 1.807) is 13.2 Å². The van der Waals surface area contributed by atoms with Gasteiger partial charge in [0.15, 0.2) is 6.10 Å². The average molecular weight is 375 g/mol. The standard InChI is InChI=1S/C24H25NO3/c1-3-22(28-21-16-10-15-20(17-21)27-2)24(26)25-23(18-11-6-4-7-12-18)19-13-8-5-9-14-19/h4-17,22-23H,3H2,1-2H3,(H,25,26). The summed E-state index contributed by atoms with van der Waals surface area (Å²) in [6.45, 7) is 1.93. The highest BCUT2D eigenvalue weighted by Crippen LogP contribution is 2.24. The van der Waals surface area contributed by atoms with Gasteiger partial charge in [0.25, 0.3) is 5.91 Å². The van der Waals surface area contributed by atoms with Gasteiger partial charge in [-0.05, 0) is 29.7 Å². The minimum absolute atomic E-state index is 0.150. The second-order valence-corrected chi connectivity index (χ2v) is 6.46. The van der Waals surface area contributed by atoms with Crippen molar-refractivity contribution in [1.29, 1.82) is 0 Å². The van der Waals surface area contributed by atoms with E-state index in [4.69, 9.17) is 9.47 Å². The van der Waals surface area contributed by atoms with Crippen LogP contribution in [-0.4, -0.2) is 19.1 Å². The lowest BCUT2D eigenvalue weighted by Crippen LogP contribution is -2.40. The number of hydrogen-bond donors (Lipinski definition) is 1. The molecule has 0 spiro atoms. The summed E-state index contributed by atoms with van der Waals surface area (Å²) < 4.78 is 11.2. The van der Waals surface area contributed by atoms with Gasteiger partial charge < -0.3 is 14.8 Å². The molecule has 4 heteroatoms. The van der Waals surface area contributed by atoms with Gasteiger partial charge in [0.05, 0.1) is 13.2 Å². The Balaban J connectivity index is 1.80. The van der Waals surface area contributed by atoms with Crippen LogP contribution in [0.3, 0.4) is 0 Å². The first kappa shape index (κ1) is 19.5. The van der Waals surface area contributed by atoms with Crippen molar-refractivity contribution >= 4 is 5.91 Å². The molecule has 1 N–H and O–H groups in total. The fourth-order valence-corrected chi connectivity index (χ4v) is 3.05. The zero-order valence-electron chi connectivity index (χ0n) is 16.2. The van der Waals surface area contributed by atoms with Crippen molar-refractivity contribution in [3.05, 3.63) is 96.1 Å². The van der Waals surface area contributed by atoms with E-state index in [1.807, 2.05) is 85.8 Å². The third-order valence-electron chi connectivity index (χ3n) is 4.54. The second kappa shape index (κ2) is 9.60. The molecule has 1 unspecified atom stereocenters. The molecule has 0 radical (unpaired) electrons. The minimum Gasteiger partial charge on any atom is -0.497 e. The van der Waals surface area contributed by atoms with Crippen LogP contribution < -0.4 is 14.8 Å². The molecule has 3 rings (SSSR count). The number of methoxy groups -OCH3 is 1. The van der Waals surface area contributed by atoms with Crippen LogP contribution in [0.1, 0.15) is 30.5 Å². The maximum absolute atomic E-state index is 13.0. The van der Waals surface area contributed by atoms with E-state index in [9.17, 15) is 4.79 Å². The van der Waals surface area contributed by atoms with E-state index in [0.29, 0.717) is 17.9 Å². The van der Waals surface area contributed by atoms with Crippen molar-refractivity contribution in [1.82, 2.24) is 5.32 Å². The molecule has 0 aliphatic rings. The van der Waals surface area contributed by atoms with E-state index in [1.165, 1.54) is 0 Å². The van der Waals surface area contributed by atoms with E-state index in [-0.39, 0.29) is 11.9 Å². The fourth-order valence-electron chi connectivity index (χ4n) is 3.05. The summed E-state index contributed by atoms with van der Waals surface area (Å²) >= 11 is 0. The number of benzene rings is 3. The van der Waals surface area contributed by atoms with Gasteiger partial charge in [-0.25, -0.2) is 0 Å². The molecule has 0 fully saturated rings. The summed E-state index contributed by atoms with van der Waals surface area (Å²) in [5.41, 5.74) is 2.05. The number of hydrogen-bond acceptors (Lipinski definition) is 3. The number of ether oxygens (including phenoxy) is 2. The molecule has 28 heavy (non-hydrogen) atoms. The van der Waals surface area contributed by atoms with Gasteiger partial charge in [0.1, 0.15) is 11.5 Å². The lowest BCUT2D eigenvalue weighted by molar-refractivity contribution is -0.128. The van der Waals surface area contributed by atoms with Crippen molar-refractivity contribution in [3.63, 3.8) is 0 Å². The van der Waals surface area contributed by atoms with Gasteiger partial charge in [0, 0.05) is 6.07 Å². The van der Waals surface area contributed by atoms with Crippen molar-refractivity contribution in [2.24, 2.45) is 0 Å². The monoisotopic (exact) mass is 375 g/mol. The Kier molecular flexibility index (Phi) is 6.68. The first-order chi connectivity index (χ1) is 13.7. The Bertz CT molecular complexity index is 841. The van der Waals surface area contributed by atoms with E-state index in [0.717, 1.165) is 11.1 Å². The van der Waals surface area contributed by atoms with Gasteiger partial charge in [-0.3, -0.25) is 4.79 Å². The van der Waals surface area contributed by atoms with Crippen LogP contribution in [-0.2, 0) is 4.79 Å². The lowest BCUT2D eigenvalue weighted by Gasteiger charge is -2.24. The lowest BCUT2D eigenvalue weighted by atomic mass is 9.98. The highest BCUT2D eigenvalue weighted by molar-refractivity contribution is 5.82. The van der Waals surface area contributed by atoms with Crippen LogP contribution in [0.15, 0.2) is 84.9 Å². The largest absolute Gasteiger partial charge is 0.497 e. The summed E-state index contributed by atoms with van der Waals surface area (Å²) in [6.07, 6.45) is -0.0404. The van der Waals surface area contributed by atoms with Crippen LogP contribution in [0.5, 0.6) is 11.5 Å². The van der Waals surface area contributed by atoms with Crippen molar-refractivity contribution in [3.8, 4) is 11.5 Å². The quantitative estimate of drug-likeness (QED) is 0.618. The van der Waals surface area contributed by atoms with Crippen molar-refractivity contribution < 1.29 is 14.3 Å². The number of carbonyl (C=O) groups is 1. The number of nitrogens with one attached hydrogen (secondary N) is 1. The third kappa shape index (κ3) is 4.92. The maximum Gasteiger partial charge on any atom is 0.261 e. The summed E-state index contributed by atoms with van der Waals surface area (Å²) in [5, 5.41) is 3.15. The van der Waals surface area contributed by atoms with Crippen LogP contribution in [0, 0.1) is 0 Å². The molecule has 0 aromatic heterocycles. The predicted molar refractivity (Wildman–Crippen MR) is 111 cm³/mol. The molecule has 0 heterocycles. The second-order valence-electron chi connectivity index (χ2n) is 6.46. The Morgan fingerprint density at radius 2 is 1.43 bits per heavy atom. The Morgan fingerprint density at radius 1 is 0.857 bits per heavy atom. The number of amides is 1. The normalized spacial score (nSPS) is 11.7. The predicted octanol–water partition coefficient (Wildman–Crippen LogP) is 4.76. The highest BCUT2D eigenvalue weighted by Gasteiger charge is 2.23. The SMILES string of the molecule is CCC(Oc1cccc(OC)c1)C(=O)NC(c1ccccc1)c1ccccc1. The summed E-state index contributed by atoms with van der Waals surface area (Å²) in [4.78, 5) is 13.0. The zero-order chi connectivity index (χ0) is 19.8. The molecule has 0 bridgehead atoms. The van der Waals surface area contributed by atoms with Gasteiger partial charge in [0.2, 0.25) is 0 Å². The van der Waals surface area contributed by atoms with Gasteiger partial charge in [-0.15, -0.1) is 0 Å². The molecule has 3 aromatic rings. The Hall–Kier alpha value is -3.27. The molecule has 4 nitrogen and oxygen atoms in total. The van der Waals surface area contributed by atoms with Gasteiger partial charge in [-0.2, -0.15) is 0 Å². The van der Waals surface area contributed by atoms with Crippen molar-refractivity contribution in [2.75, 3.05) is 7.11 Å². The third-order valence-corrected chi connectivity index (χ3v) is 4.54. The first-order valence-corrected chi connectivity index (χ1v) is 9.42. The van der Waals surface area contributed by atoms with Crippen LogP contribution in [0.25, 0.3) is 0 Å². The molecule has 0 aliphatic heterocycles. The highest BCUT2D eigenvalue weighted by atomic mass is 16.5. The van der Waals surface area contributed by atoms with Crippen LogP contribution >= 0.6 is 0 Å². The summed E-state index contributed by atoms with van der Waals surface area (Å²) in [7, 11) is 1.60. The molecule has 0 aliphatic carbocycles. The number of carbonyl (C=O) groups excluding carboxylic acids is 1. The van der Waals surface area contributed by atoms with E-state index in [2.05, 4.69) is 5.32 Å². The molecule has 0 saturated carbocycles. The molecule has 1 atom stereocenters. The summed E-state index contributed by atoms with van der Waals surface area (Å²) in [6, 6.07) is 26.9. The molecular formula is C24H25NO3. The fraction of sp³-hybridized carbons (Fsp3) is 0.208. The van der Waals surface area contributed by atoms with E-state index < -0.39 is 6.10 Å². The van der Waals surface area contributed by atoms with Crippen LogP contribution in [0.4, 0.5) is 0 Å². The Morgan fingerprint density at radius 3 is 1.96 bits per heavy atom. The maximum atomic E-state index is 13.0. The number of rotatable bonds is 8. The van der Waals surface area contributed by atoms with Gasteiger partial charge in [-0.1, -0.05) is 73.7 Å².